The Morgan fingerprint density at radius 3 is 2.81 bits per heavy atom. The number of rotatable bonds is 6. The predicted molar refractivity (Wildman–Crippen MR) is 152 cm³/mol. The first-order valence-electron chi connectivity index (χ1n) is 13.1. The largest absolute Gasteiger partial charge is 0.439 e. The molecular weight excluding hydrogens is 578 g/mol. The van der Waals surface area contributed by atoms with E-state index in [4.69, 9.17) is 16.6 Å². The molecule has 16 heteroatoms. The molecule has 216 valence electrons. The Morgan fingerprint density at radius 1 is 1.14 bits per heavy atom. The van der Waals surface area contributed by atoms with Crippen molar-refractivity contribution in [3.8, 4) is 11.4 Å². The number of oxazole rings is 1. The zero-order chi connectivity index (χ0) is 29.8. The van der Waals surface area contributed by atoms with Crippen molar-refractivity contribution in [3.63, 3.8) is 0 Å². The molecule has 0 saturated heterocycles. The van der Waals surface area contributed by atoms with Gasteiger partial charge in [0, 0.05) is 19.2 Å². The van der Waals surface area contributed by atoms with Gasteiger partial charge in [0.05, 0.1) is 11.6 Å². The first-order valence-corrected chi connectivity index (χ1v) is 13.5. The Hall–Kier alpha value is -5.64. The number of carbonyl (C=O) groups excluding carboxylic acids is 2. The predicted octanol–water partition coefficient (Wildman–Crippen LogP) is 1.92. The zero-order valence-electron chi connectivity index (χ0n) is 22.3. The lowest BCUT2D eigenvalue weighted by atomic mass is 10.0. The summed E-state index contributed by atoms with van der Waals surface area (Å²) in [5.41, 5.74) is 4.46. The number of hydrogen-bond acceptors (Lipinski definition) is 10. The van der Waals surface area contributed by atoms with Gasteiger partial charge in [-0.05, 0) is 66.0 Å². The fourth-order valence-electron chi connectivity index (χ4n) is 5.25. The maximum Gasteiger partial charge on any atom is 0.439 e. The molecule has 6 aromatic rings. The van der Waals surface area contributed by atoms with Gasteiger partial charge in [-0.25, -0.2) is 24.1 Å². The summed E-state index contributed by atoms with van der Waals surface area (Å²) in [4.78, 5) is 56.7. The zero-order valence-corrected chi connectivity index (χ0v) is 23.2. The number of hydrogen-bond donors (Lipinski definition) is 4. The first-order chi connectivity index (χ1) is 20.7. The minimum Gasteiger partial charge on any atom is -0.408 e. The van der Waals surface area contributed by atoms with Crippen LogP contribution in [0.4, 0.5) is 0 Å². The van der Waals surface area contributed by atoms with Crippen LogP contribution in [0.5, 0.6) is 0 Å². The second-order valence-corrected chi connectivity index (χ2v) is 10.4. The van der Waals surface area contributed by atoms with Gasteiger partial charge < -0.3 is 15.1 Å². The SMILES string of the molecule is Cn1c(=O)oc2ccc(CNC(=O)c3cc(C(=O)N[C@H]4CCc5cc(-c6noc(=O)[nH]6)ccc54)nc4n[nH]c(=S)n34)cc21. The van der Waals surface area contributed by atoms with Crippen LogP contribution in [0.2, 0.25) is 0 Å². The van der Waals surface area contributed by atoms with Crippen LogP contribution in [0.25, 0.3) is 28.3 Å². The highest BCUT2D eigenvalue weighted by atomic mass is 32.1. The minimum atomic E-state index is -0.639. The molecule has 4 heterocycles. The molecule has 4 N–H and O–H groups in total. The summed E-state index contributed by atoms with van der Waals surface area (Å²) in [5.74, 6) is -1.72. The third-order valence-corrected chi connectivity index (χ3v) is 7.68. The van der Waals surface area contributed by atoms with Crippen LogP contribution in [0.15, 0.2) is 61.0 Å². The van der Waals surface area contributed by atoms with Gasteiger partial charge in [0.2, 0.25) is 4.77 Å². The highest BCUT2D eigenvalue weighted by molar-refractivity contribution is 7.71. The van der Waals surface area contributed by atoms with E-state index in [1.807, 2.05) is 12.1 Å². The molecule has 0 saturated carbocycles. The molecule has 0 aliphatic heterocycles. The Labute approximate surface area is 244 Å². The van der Waals surface area contributed by atoms with E-state index in [1.54, 1.807) is 31.3 Å². The van der Waals surface area contributed by atoms with E-state index in [9.17, 15) is 19.2 Å². The van der Waals surface area contributed by atoms with Crippen LogP contribution >= 0.6 is 12.2 Å². The van der Waals surface area contributed by atoms with Gasteiger partial charge in [-0.3, -0.25) is 23.7 Å². The van der Waals surface area contributed by atoms with Crippen LogP contribution in [-0.4, -0.2) is 46.1 Å². The molecule has 0 spiro atoms. The third-order valence-electron chi connectivity index (χ3n) is 7.40. The third kappa shape index (κ3) is 4.62. The monoisotopic (exact) mass is 599 g/mol. The summed E-state index contributed by atoms with van der Waals surface area (Å²) in [6, 6.07) is 11.8. The number of nitrogens with one attached hydrogen (secondary N) is 4. The Balaban J connectivity index is 1.12. The van der Waals surface area contributed by atoms with E-state index in [-0.39, 0.29) is 34.5 Å². The summed E-state index contributed by atoms with van der Waals surface area (Å²) < 4.78 is 12.6. The fraction of sp³-hybridized carbons (Fsp3) is 0.185. The van der Waals surface area contributed by atoms with Crippen LogP contribution < -0.4 is 22.1 Å². The average molecular weight is 600 g/mol. The molecule has 0 bridgehead atoms. The van der Waals surface area contributed by atoms with Crippen molar-refractivity contribution >= 4 is 40.9 Å². The van der Waals surface area contributed by atoms with Crippen molar-refractivity contribution in [1.82, 2.24) is 44.9 Å². The lowest BCUT2D eigenvalue weighted by Gasteiger charge is -2.15. The number of carbonyl (C=O) groups is 2. The van der Waals surface area contributed by atoms with Crippen molar-refractivity contribution in [2.24, 2.45) is 7.05 Å². The van der Waals surface area contributed by atoms with Gasteiger partial charge in [0.15, 0.2) is 11.4 Å². The summed E-state index contributed by atoms with van der Waals surface area (Å²) in [6.45, 7) is 0.133. The molecule has 15 nitrogen and oxygen atoms in total. The van der Waals surface area contributed by atoms with Crippen LogP contribution in [0.1, 0.15) is 50.1 Å². The molecule has 2 aromatic carbocycles. The molecule has 7 rings (SSSR count). The molecule has 0 radical (unpaired) electrons. The summed E-state index contributed by atoms with van der Waals surface area (Å²) in [7, 11) is 1.60. The van der Waals surface area contributed by atoms with E-state index < -0.39 is 23.3 Å². The van der Waals surface area contributed by atoms with E-state index in [0.29, 0.717) is 35.3 Å². The van der Waals surface area contributed by atoms with Crippen molar-refractivity contribution in [2.45, 2.75) is 25.4 Å². The Morgan fingerprint density at radius 2 is 2.00 bits per heavy atom. The van der Waals surface area contributed by atoms with Crippen LogP contribution in [0, 0.1) is 4.77 Å². The number of aromatic nitrogens is 7. The topological polar surface area (TPSA) is 198 Å². The summed E-state index contributed by atoms with van der Waals surface area (Å²) in [5, 5.41) is 16.2. The highest BCUT2D eigenvalue weighted by Gasteiger charge is 2.27. The van der Waals surface area contributed by atoms with Gasteiger partial charge in [0.25, 0.3) is 17.6 Å². The summed E-state index contributed by atoms with van der Waals surface area (Å²) >= 11 is 5.31. The lowest BCUT2D eigenvalue weighted by Crippen LogP contribution is -2.30. The molecule has 0 unspecified atom stereocenters. The van der Waals surface area contributed by atoms with E-state index in [2.05, 4.69) is 40.5 Å². The Bertz CT molecular complexity index is 2270. The maximum atomic E-state index is 13.4. The molecule has 2 amide bonds. The van der Waals surface area contributed by atoms with Crippen molar-refractivity contribution < 1.29 is 18.5 Å². The second kappa shape index (κ2) is 10.0. The number of H-pyrrole nitrogens is 2. The molecule has 4 aromatic heterocycles. The fourth-order valence-corrected chi connectivity index (χ4v) is 5.48. The van der Waals surface area contributed by atoms with E-state index in [0.717, 1.165) is 16.7 Å². The molecule has 1 aliphatic carbocycles. The van der Waals surface area contributed by atoms with Gasteiger partial charge in [-0.1, -0.05) is 23.4 Å². The molecule has 43 heavy (non-hydrogen) atoms. The summed E-state index contributed by atoms with van der Waals surface area (Å²) in [6.07, 6.45) is 1.35. The van der Waals surface area contributed by atoms with Crippen LogP contribution in [-0.2, 0) is 20.0 Å². The number of aryl methyl sites for hydroxylation is 2. The number of aromatic amines is 2. The lowest BCUT2D eigenvalue weighted by molar-refractivity contribution is 0.0931. The average Bonchev–Trinajstić information content (AvgIpc) is 3.78. The highest BCUT2D eigenvalue weighted by Crippen LogP contribution is 2.33. The number of amides is 2. The van der Waals surface area contributed by atoms with Crippen molar-refractivity contribution in [1.29, 1.82) is 0 Å². The molecule has 0 fully saturated rings. The van der Waals surface area contributed by atoms with Crippen LogP contribution in [0.3, 0.4) is 0 Å². The second-order valence-electron chi connectivity index (χ2n) is 10.0. The van der Waals surface area contributed by atoms with Crippen molar-refractivity contribution in [3.05, 3.63) is 96.4 Å². The van der Waals surface area contributed by atoms with E-state index in [1.165, 1.54) is 15.0 Å². The van der Waals surface area contributed by atoms with E-state index >= 15 is 0 Å². The number of nitrogens with zero attached hydrogens (tertiary/aromatic N) is 5. The van der Waals surface area contributed by atoms with Gasteiger partial charge in [0.1, 0.15) is 11.4 Å². The smallest absolute Gasteiger partial charge is 0.408 e. The number of benzene rings is 2. The van der Waals surface area contributed by atoms with Gasteiger partial charge >= 0.3 is 11.5 Å². The normalized spacial score (nSPS) is 14.3. The maximum absolute atomic E-state index is 13.4. The molecular formula is C27H21N9O6S. The minimum absolute atomic E-state index is 0.00768. The van der Waals surface area contributed by atoms with Gasteiger partial charge in [-0.15, -0.1) is 5.10 Å². The Kier molecular flexibility index (Phi) is 6.12. The standard InChI is InChI=1S/C27H21N9O6S/c1-35-18-8-12(2-7-20(18)41-27(35)40)11-28-23(38)19-10-17(30-24-32-33-25(43)36(19)24)22(37)29-16-6-4-13-9-14(3-5-15(13)16)21-31-26(39)42-34-21/h2-3,5,7-10,16H,4,6,11H2,1H3,(H,28,38)(H,29,37)(H,33,43)(H,31,34,39)/t16-/m0/s1. The number of fused-ring (bicyclic) bond motifs is 3. The molecule has 1 atom stereocenters. The first kappa shape index (κ1) is 26.3. The van der Waals surface area contributed by atoms with Gasteiger partial charge in [-0.2, -0.15) is 0 Å². The molecule has 1 aliphatic rings. The van der Waals surface area contributed by atoms with Crippen molar-refractivity contribution in [2.75, 3.05) is 0 Å². The quantitative estimate of drug-likeness (QED) is 0.205.